The maximum Gasteiger partial charge on any atom is 0.253 e. The second-order valence-electron chi connectivity index (χ2n) is 10.5. The van der Waals surface area contributed by atoms with Crippen LogP contribution < -0.4 is 5.32 Å². The molecule has 0 bridgehead atoms. The maximum atomic E-state index is 13.1. The van der Waals surface area contributed by atoms with Gasteiger partial charge in [-0.15, -0.1) is 0 Å². The van der Waals surface area contributed by atoms with Gasteiger partial charge >= 0.3 is 0 Å². The van der Waals surface area contributed by atoms with Crippen molar-refractivity contribution in [3.8, 4) is 0 Å². The molecule has 5 rings (SSSR count). The Bertz CT molecular complexity index is 1240. The molecule has 1 aromatic heterocycles. The molecular formula is C26H36N4O5S. The Morgan fingerprint density at radius 2 is 1.89 bits per heavy atom. The maximum absolute atomic E-state index is 13.1. The summed E-state index contributed by atoms with van der Waals surface area (Å²) in [5.74, 6) is 1.11. The fraction of sp³-hybridized carbons (Fsp3) is 0.615. The van der Waals surface area contributed by atoms with Crippen LogP contribution in [-0.4, -0.2) is 76.3 Å². The molecule has 2 fully saturated rings. The second kappa shape index (κ2) is 10.2. The van der Waals surface area contributed by atoms with Crippen molar-refractivity contribution in [1.82, 2.24) is 14.2 Å². The van der Waals surface area contributed by atoms with Crippen molar-refractivity contribution >= 4 is 32.7 Å². The summed E-state index contributed by atoms with van der Waals surface area (Å²) in [5, 5.41) is 22.8. The van der Waals surface area contributed by atoms with E-state index in [1.165, 1.54) is 23.6 Å². The van der Waals surface area contributed by atoms with Crippen molar-refractivity contribution < 1.29 is 23.4 Å². The Morgan fingerprint density at radius 3 is 2.61 bits per heavy atom. The lowest BCUT2D eigenvalue weighted by atomic mass is 9.88. The Kier molecular flexibility index (Phi) is 7.22. The lowest BCUT2D eigenvalue weighted by Gasteiger charge is -2.34. The number of aliphatic hydroxyl groups is 2. The van der Waals surface area contributed by atoms with Gasteiger partial charge in [0.05, 0.1) is 25.0 Å². The predicted octanol–water partition coefficient (Wildman–Crippen LogP) is 1.81. The average Bonchev–Trinajstić information content (AvgIpc) is 3.43. The van der Waals surface area contributed by atoms with Crippen LogP contribution in [-0.2, 0) is 27.8 Å². The summed E-state index contributed by atoms with van der Waals surface area (Å²) < 4.78 is 29.6. The van der Waals surface area contributed by atoms with Gasteiger partial charge in [0, 0.05) is 30.7 Å². The van der Waals surface area contributed by atoms with Crippen LogP contribution in [0, 0.1) is 5.92 Å². The third-order valence-electron chi connectivity index (χ3n) is 8.04. The minimum absolute atomic E-state index is 0.0121. The molecule has 196 valence electrons. The Hall–Kier alpha value is -2.27. The van der Waals surface area contributed by atoms with E-state index in [9.17, 15) is 18.3 Å². The van der Waals surface area contributed by atoms with E-state index >= 15 is 0 Å². The van der Waals surface area contributed by atoms with Gasteiger partial charge in [0.15, 0.2) is 0 Å². The van der Waals surface area contributed by atoms with Crippen LogP contribution in [0.3, 0.4) is 0 Å². The number of fused-ring (bicyclic) bond motifs is 1. The second-order valence-corrected chi connectivity index (χ2v) is 12.6. The highest BCUT2D eigenvalue weighted by molar-refractivity contribution is 7.89. The number of benzene rings is 1. The largest absolute Gasteiger partial charge is 0.394 e. The number of amides is 1. The number of carbonyl (C=O) groups is 1. The molecule has 0 radical (unpaired) electrons. The number of aliphatic imine (C=N–C) groups is 1. The summed E-state index contributed by atoms with van der Waals surface area (Å²) in [6.07, 6.45) is 7.99. The number of nitrogens with zero attached hydrogens (tertiary/aromatic N) is 3. The quantitative estimate of drug-likeness (QED) is 0.494. The highest BCUT2D eigenvalue weighted by Gasteiger charge is 2.48. The van der Waals surface area contributed by atoms with E-state index in [2.05, 4.69) is 5.32 Å². The highest BCUT2D eigenvalue weighted by Crippen LogP contribution is 2.35. The van der Waals surface area contributed by atoms with Crippen LogP contribution in [0.2, 0.25) is 0 Å². The molecule has 1 aliphatic carbocycles. The number of aliphatic hydroxyl groups excluding tert-OH is 2. The van der Waals surface area contributed by atoms with Gasteiger partial charge < -0.3 is 20.1 Å². The summed E-state index contributed by atoms with van der Waals surface area (Å²) in [5.41, 5.74) is 1.05. The Balaban J connectivity index is 1.19. The smallest absolute Gasteiger partial charge is 0.253 e. The van der Waals surface area contributed by atoms with Crippen LogP contribution in [0.1, 0.15) is 50.5 Å². The van der Waals surface area contributed by atoms with E-state index in [0.717, 1.165) is 35.1 Å². The van der Waals surface area contributed by atoms with Gasteiger partial charge in [0.25, 0.3) is 5.91 Å². The number of piperidine rings is 1. The van der Waals surface area contributed by atoms with Gasteiger partial charge in [-0.25, -0.2) is 12.7 Å². The number of nitrogens with one attached hydrogen (secondary N) is 1. The van der Waals surface area contributed by atoms with E-state index < -0.39 is 21.7 Å². The molecule has 1 saturated carbocycles. The number of amidine groups is 1. The van der Waals surface area contributed by atoms with E-state index in [0.29, 0.717) is 44.8 Å². The number of aryl methyl sites for hydroxylation is 1. The summed E-state index contributed by atoms with van der Waals surface area (Å²) in [6.45, 7) is 0.624. The van der Waals surface area contributed by atoms with Crippen molar-refractivity contribution in [3.63, 3.8) is 0 Å². The average molecular weight is 517 g/mol. The van der Waals surface area contributed by atoms with Crippen molar-refractivity contribution in [2.24, 2.45) is 10.9 Å². The zero-order valence-electron chi connectivity index (χ0n) is 20.6. The summed E-state index contributed by atoms with van der Waals surface area (Å²) in [4.78, 5) is 17.7. The van der Waals surface area contributed by atoms with Crippen LogP contribution in [0.25, 0.3) is 10.9 Å². The fourth-order valence-corrected chi connectivity index (χ4v) is 7.30. The van der Waals surface area contributed by atoms with Gasteiger partial charge in [-0.2, -0.15) is 0 Å². The van der Waals surface area contributed by atoms with Gasteiger partial charge in [0.2, 0.25) is 10.0 Å². The molecule has 3 aliphatic rings. The number of carbonyl (C=O) groups excluding carboxylic acids is 1. The molecule has 10 heteroatoms. The minimum atomic E-state index is -3.46. The first-order valence-corrected chi connectivity index (χ1v) is 14.7. The third-order valence-corrected chi connectivity index (χ3v) is 9.91. The molecule has 3 N–H and O–H groups in total. The van der Waals surface area contributed by atoms with E-state index in [-0.39, 0.29) is 18.3 Å². The standard InChI is InChI=1S/C26H36N4O5S/c31-18-22(32)17-29-12-8-21-16-19(6-7-23(21)29)9-15-36(34,35)30-13-10-26(11-14-30)25(33)27-24(28-26)20-4-2-1-3-5-20/h6-8,12,16,20,22,31-32H,1-5,9-11,13-15,17-18H2,(H,27,28,33). The number of hydrogen-bond acceptors (Lipinski definition) is 6. The number of aromatic nitrogens is 1. The first kappa shape index (κ1) is 25.4. The van der Waals surface area contributed by atoms with E-state index in [4.69, 9.17) is 10.1 Å². The van der Waals surface area contributed by atoms with Gasteiger partial charge in [-0.1, -0.05) is 25.3 Å². The molecule has 1 unspecified atom stereocenters. The predicted molar refractivity (Wildman–Crippen MR) is 138 cm³/mol. The molecule has 1 atom stereocenters. The molecule has 1 aromatic carbocycles. The summed E-state index contributed by atoms with van der Waals surface area (Å²) in [6, 6.07) is 7.74. The molecule has 1 amide bonds. The third kappa shape index (κ3) is 5.09. The zero-order chi connectivity index (χ0) is 25.3. The van der Waals surface area contributed by atoms with Crippen LogP contribution >= 0.6 is 0 Å². The first-order chi connectivity index (χ1) is 17.3. The highest BCUT2D eigenvalue weighted by atomic mass is 32.2. The number of hydrogen-bond donors (Lipinski definition) is 3. The Morgan fingerprint density at radius 1 is 1.14 bits per heavy atom. The molecule has 36 heavy (non-hydrogen) atoms. The lowest BCUT2D eigenvalue weighted by Crippen LogP contribution is -2.51. The summed E-state index contributed by atoms with van der Waals surface area (Å²) in [7, 11) is -3.46. The molecule has 3 heterocycles. The van der Waals surface area contributed by atoms with Crippen LogP contribution in [0.5, 0.6) is 0 Å². The molecule has 2 aromatic rings. The molecular weight excluding hydrogens is 480 g/mol. The van der Waals surface area contributed by atoms with Crippen LogP contribution in [0.15, 0.2) is 35.5 Å². The van der Waals surface area contributed by atoms with Gasteiger partial charge in [-0.3, -0.25) is 9.79 Å². The van der Waals surface area contributed by atoms with Crippen LogP contribution in [0.4, 0.5) is 0 Å². The minimum Gasteiger partial charge on any atom is -0.394 e. The van der Waals surface area contributed by atoms with Gasteiger partial charge in [0.1, 0.15) is 11.4 Å². The van der Waals surface area contributed by atoms with Gasteiger partial charge in [-0.05, 0) is 61.3 Å². The van der Waals surface area contributed by atoms with Crippen molar-refractivity contribution in [2.45, 2.75) is 69.6 Å². The van der Waals surface area contributed by atoms with Crippen molar-refractivity contribution in [3.05, 3.63) is 36.0 Å². The number of sulfonamides is 1. The molecule has 1 saturated heterocycles. The molecule has 1 spiro atoms. The number of rotatable bonds is 8. The normalized spacial score (nSPS) is 22.2. The lowest BCUT2D eigenvalue weighted by molar-refractivity contribution is -0.125. The zero-order valence-corrected chi connectivity index (χ0v) is 21.4. The van der Waals surface area contributed by atoms with Crippen molar-refractivity contribution in [2.75, 3.05) is 25.4 Å². The summed E-state index contributed by atoms with van der Waals surface area (Å²) >= 11 is 0. The monoisotopic (exact) mass is 516 g/mol. The van der Waals surface area contributed by atoms with E-state index in [1.807, 2.05) is 35.0 Å². The topological polar surface area (TPSA) is 124 Å². The SMILES string of the molecule is O=C1NC(C2CCCCC2)=NC12CCN(S(=O)(=O)CCc1ccc3c(ccn3CC(O)CO)c1)CC2. The molecule has 9 nitrogen and oxygen atoms in total. The molecule has 2 aliphatic heterocycles. The fourth-order valence-electron chi connectivity index (χ4n) is 5.81. The Labute approximate surface area is 212 Å². The van der Waals surface area contributed by atoms with Crippen molar-refractivity contribution in [1.29, 1.82) is 0 Å². The first-order valence-electron chi connectivity index (χ1n) is 13.1. The van der Waals surface area contributed by atoms with E-state index in [1.54, 1.807) is 0 Å².